The summed E-state index contributed by atoms with van der Waals surface area (Å²) in [6.45, 7) is 8.38. The van der Waals surface area contributed by atoms with Gasteiger partial charge in [-0.15, -0.1) is 0 Å². The highest BCUT2D eigenvalue weighted by Crippen LogP contribution is 2.28. The van der Waals surface area contributed by atoms with Crippen LogP contribution < -0.4 is 15.5 Å². The Morgan fingerprint density at radius 1 is 1.16 bits per heavy atom. The highest BCUT2D eigenvalue weighted by Gasteiger charge is 2.26. The molecule has 31 heavy (non-hydrogen) atoms. The molecule has 3 heterocycles. The molecule has 1 aliphatic rings. The molecule has 0 atom stereocenters. The van der Waals surface area contributed by atoms with Gasteiger partial charge in [-0.3, -0.25) is 4.79 Å². The number of aromatic nitrogens is 3. The van der Waals surface area contributed by atoms with Gasteiger partial charge in [0.25, 0.3) is 0 Å². The molecular weight excluding hydrogens is 388 g/mol. The van der Waals surface area contributed by atoms with Crippen LogP contribution in [0.2, 0.25) is 0 Å². The average molecular weight is 419 g/mol. The Balaban J connectivity index is 1.45. The molecule has 162 valence electrons. The van der Waals surface area contributed by atoms with Gasteiger partial charge in [0, 0.05) is 44.0 Å². The zero-order chi connectivity index (χ0) is 21.8. The molecule has 0 bridgehead atoms. The fraction of sp³-hybridized carbons (Fsp3) is 0.417. The predicted molar refractivity (Wildman–Crippen MR) is 124 cm³/mol. The summed E-state index contributed by atoms with van der Waals surface area (Å²) in [4.78, 5) is 28.4. The Morgan fingerprint density at radius 3 is 2.68 bits per heavy atom. The van der Waals surface area contributed by atoms with Crippen molar-refractivity contribution in [3.05, 3.63) is 53.9 Å². The molecule has 3 aromatic rings. The number of anilines is 2. The summed E-state index contributed by atoms with van der Waals surface area (Å²) in [7, 11) is 0. The number of hydrogen-bond donors (Lipinski definition) is 2. The first-order chi connectivity index (χ1) is 15.0. The first-order valence-corrected chi connectivity index (χ1v) is 11.0. The molecule has 0 aliphatic carbocycles. The molecule has 0 radical (unpaired) electrons. The number of nitrogens with one attached hydrogen (secondary N) is 2. The normalized spacial score (nSPS) is 14.8. The van der Waals surface area contributed by atoms with Crippen molar-refractivity contribution in [3.8, 4) is 0 Å². The monoisotopic (exact) mass is 418 g/mol. The Hall–Kier alpha value is -3.22. The van der Waals surface area contributed by atoms with Crippen molar-refractivity contribution in [2.75, 3.05) is 23.3 Å². The highest BCUT2D eigenvalue weighted by molar-refractivity contribution is 5.89. The van der Waals surface area contributed by atoms with Crippen molar-refractivity contribution in [2.45, 2.75) is 46.2 Å². The van der Waals surface area contributed by atoms with Gasteiger partial charge in [-0.25, -0.2) is 15.0 Å². The van der Waals surface area contributed by atoms with E-state index < -0.39 is 0 Å². The molecule has 1 saturated heterocycles. The van der Waals surface area contributed by atoms with E-state index in [-0.39, 0.29) is 17.9 Å². The van der Waals surface area contributed by atoms with Crippen molar-refractivity contribution in [1.29, 1.82) is 0 Å². The van der Waals surface area contributed by atoms with Crippen LogP contribution in [0.3, 0.4) is 0 Å². The summed E-state index contributed by atoms with van der Waals surface area (Å²) in [6.07, 6.45) is 5.30. The molecule has 1 amide bonds. The van der Waals surface area contributed by atoms with Gasteiger partial charge >= 0.3 is 0 Å². The second-order valence-corrected chi connectivity index (χ2v) is 8.47. The Labute approximate surface area is 183 Å². The van der Waals surface area contributed by atoms with E-state index in [1.54, 1.807) is 6.20 Å². The Kier molecular flexibility index (Phi) is 6.30. The fourth-order valence-electron chi connectivity index (χ4n) is 4.02. The maximum absolute atomic E-state index is 12.3. The van der Waals surface area contributed by atoms with Gasteiger partial charge in [0.05, 0.1) is 10.9 Å². The minimum absolute atomic E-state index is 0.0714. The zero-order valence-electron chi connectivity index (χ0n) is 18.4. The molecule has 0 saturated carbocycles. The number of fused-ring (bicyclic) bond motifs is 1. The molecule has 7 heteroatoms. The van der Waals surface area contributed by atoms with E-state index in [1.807, 2.05) is 38.2 Å². The number of nitrogens with zero attached hydrogens (tertiary/aromatic N) is 4. The number of amides is 1. The lowest BCUT2D eigenvalue weighted by molar-refractivity contribution is -0.126. The fourth-order valence-corrected chi connectivity index (χ4v) is 4.02. The standard InChI is InChI=1S/C24H30N6O/c1-16(2)28-23(31)18-9-12-30(13-10-18)22-20-15-27-24(29-21(20)8-11-25-22)26-14-19-7-5-4-6-17(19)3/h4-8,11,15-16,18H,9-10,12-14H2,1-3H3,(H,28,31)(H,26,27,29). The number of hydrogen-bond acceptors (Lipinski definition) is 6. The van der Waals surface area contributed by atoms with Crippen LogP contribution in [0.15, 0.2) is 42.7 Å². The summed E-state index contributed by atoms with van der Waals surface area (Å²) in [6, 6.07) is 10.4. The van der Waals surface area contributed by atoms with Crippen LogP contribution in [0.25, 0.3) is 10.9 Å². The zero-order valence-corrected chi connectivity index (χ0v) is 18.4. The summed E-state index contributed by atoms with van der Waals surface area (Å²) in [5.41, 5.74) is 3.34. The maximum Gasteiger partial charge on any atom is 0.223 e. The summed E-state index contributed by atoms with van der Waals surface area (Å²) in [5.74, 6) is 1.73. The van der Waals surface area contributed by atoms with Crippen molar-refractivity contribution < 1.29 is 4.79 Å². The van der Waals surface area contributed by atoms with E-state index in [4.69, 9.17) is 4.98 Å². The van der Waals surface area contributed by atoms with Crippen LogP contribution in [0.1, 0.15) is 37.8 Å². The summed E-state index contributed by atoms with van der Waals surface area (Å²) >= 11 is 0. The van der Waals surface area contributed by atoms with E-state index in [0.29, 0.717) is 12.5 Å². The average Bonchev–Trinajstić information content (AvgIpc) is 2.77. The molecule has 4 rings (SSSR count). The van der Waals surface area contributed by atoms with E-state index >= 15 is 0 Å². The van der Waals surface area contributed by atoms with E-state index in [9.17, 15) is 4.79 Å². The number of rotatable bonds is 6. The van der Waals surface area contributed by atoms with Gasteiger partial charge in [-0.1, -0.05) is 24.3 Å². The van der Waals surface area contributed by atoms with Gasteiger partial charge in [-0.2, -0.15) is 0 Å². The number of benzene rings is 1. The molecular formula is C24H30N6O. The van der Waals surface area contributed by atoms with Crippen LogP contribution in [-0.4, -0.2) is 40.0 Å². The SMILES string of the molecule is Cc1ccccc1CNc1ncc2c(N3CCC(C(=O)NC(C)C)CC3)nccc2n1. The molecule has 1 aromatic carbocycles. The van der Waals surface area contributed by atoms with Crippen molar-refractivity contribution in [2.24, 2.45) is 5.92 Å². The van der Waals surface area contributed by atoms with Crippen LogP contribution in [0, 0.1) is 12.8 Å². The first kappa shape index (κ1) is 21.0. The lowest BCUT2D eigenvalue weighted by Gasteiger charge is -2.33. The van der Waals surface area contributed by atoms with Crippen molar-refractivity contribution >= 4 is 28.6 Å². The number of carbonyl (C=O) groups is 1. The number of aryl methyl sites for hydroxylation is 1. The summed E-state index contributed by atoms with van der Waals surface area (Å²) in [5, 5.41) is 7.29. The largest absolute Gasteiger partial charge is 0.356 e. The van der Waals surface area contributed by atoms with Gasteiger partial charge < -0.3 is 15.5 Å². The van der Waals surface area contributed by atoms with Crippen molar-refractivity contribution in [1.82, 2.24) is 20.3 Å². The van der Waals surface area contributed by atoms with Crippen LogP contribution in [-0.2, 0) is 11.3 Å². The molecule has 1 fully saturated rings. The third kappa shape index (κ3) is 4.93. The van der Waals surface area contributed by atoms with E-state index in [0.717, 1.165) is 42.7 Å². The second kappa shape index (κ2) is 9.29. The van der Waals surface area contributed by atoms with Gasteiger partial charge in [-0.05, 0) is 50.8 Å². The van der Waals surface area contributed by atoms with E-state index in [1.165, 1.54) is 11.1 Å². The number of carbonyl (C=O) groups excluding carboxylic acids is 1. The molecule has 0 spiro atoms. The smallest absolute Gasteiger partial charge is 0.223 e. The second-order valence-electron chi connectivity index (χ2n) is 8.47. The lowest BCUT2D eigenvalue weighted by atomic mass is 9.95. The van der Waals surface area contributed by atoms with E-state index in [2.05, 4.69) is 44.6 Å². The summed E-state index contributed by atoms with van der Waals surface area (Å²) < 4.78 is 0. The van der Waals surface area contributed by atoms with Gasteiger partial charge in [0.15, 0.2) is 0 Å². The molecule has 2 N–H and O–H groups in total. The molecule has 2 aromatic heterocycles. The first-order valence-electron chi connectivity index (χ1n) is 11.0. The third-order valence-electron chi connectivity index (χ3n) is 5.78. The predicted octanol–water partition coefficient (Wildman–Crippen LogP) is 3.69. The van der Waals surface area contributed by atoms with Crippen LogP contribution in [0.5, 0.6) is 0 Å². The quantitative estimate of drug-likeness (QED) is 0.635. The Morgan fingerprint density at radius 2 is 1.94 bits per heavy atom. The minimum Gasteiger partial charge on any atom is -0.356 e. The maximum atomic E-state index is 12.3. The topological polar surface area (TPSA) is 83.0 Å². The van der Waals surface area contributed by atoms with Crippen LogP contribution in [0.4, 0.5) is 11.8 Å². The molecule has 7 nitrogen and oxygen atoms in total. The van der Waals surface area contributed by atoms with Gasteiger partial charge in [0.1, 0.15) is 5.82 Å². The van der Waals surface area contributed by atoms with Crippen molar-refractivity contribution in [3.63, 3.8) is 0 Å². The highest BCUT2D eigenvalue weighted by atomic mass is 16.1. The number of piperidine rings is 1. The Bertz CT molecular complexity index is 1060. The minimum atomic E-state index is 0.0714. The van der Waals surface area contributed by atoms with Crippen LogP contribution >= 0.6 is 0 Å². The number of pyridine rings is 1. The lowest BCUT2D eigenvalue weighted by Crippen LogP contribution is -2.42. The molecule has 1 aliphatic heterocycles. The van der Waals surface area contributed by atoms with Gasteiger partial charge in [0.2, 0.25) is 11.9 Å². The molecule has 0 unspecified atom stereocenters. The third-order valence-corrected chi connectivity index (χ3v) is 5.78.